The second kappa shape index (κ2) is 5.09. The zero-order chi connectivity index (χ0) is 13.3. The third-order valence-corrected chi connectivity index (χ3v) is 4.91. The molecule has 2 aliphatic rings. The quantitative estimate of drug-likeness (QED) is 0.828. The van der Waals surface area contributed by atoms with Crippen molar-refractivity contribution < 1.29 is 9.53 Å². The van der Waals surface area contributed by atoms with Gasteiger partial charge < -0.3 is 4.74 Å². The van der Waals surface area contributed by atoms with Gasteiger partial charge in [-0.15, -0.1) is 0 Å². The van der Waals surface area contributed by atoms with Gasteiger partial charge in [-0.25, -0.2) is 0 Å². The summed E-state index contributed by atoms with van der Waals surface area (Å²) in [6.07, 6.45) is 6.75. The first kappa shape index (κ1) is 12.9. The van der Waals surface area contributed by atoms with Crippen LogP contribution in [0.25, 0.3) is 0 Å². The minimum Gasteiger partial charge on any atom is -0.378 e. The largest absolute Gasteiger partial charge is 0.378 e. The van der Waals surface area contributed by atoms with Crippen molar-refractivity contribution in [2.45, 2.75) is 50.4 Å². The number of hydrogen-bond donors (Lipinski definition) is 0. The standard InChI is InChI=1S/C17H22O2/c1-13(18)17(11-19-12-17)16-9-7-15(8-10-16)14-5-3-2-4-6-14/h7-10,14H,2-6,11-12H2,1H3. The van der Waals surface area contributed by atoms with Crippen molar-refractivity contribution in [3.8, 4) is 0 Å². The van der Waals surface area contributed by atoms with Gasteiger partial charge in [-0.3, -0.25) is 4.79 Å². The van der Waals surface area contributed by atoms with Gasteiger partial charge in [0.1, 0.15) is 11.2 Å². The lowest BCUT2D eigenvalue weighted by Crippen LogP contribution is -2.52. The number of Topliss-reactive ketones (excluding diaryl/α,β-unsaturated/α-hetero) is 1. The smallest absolute Gasteiger partial charge is 0.145 e. The van der Waals surface area contributed by atoms with Crippen LogP contribution in [0, 0.1) is 0 Å². The van der Waals surface area contributed by atoms with Gasteiger partial charge in [0.05, 0.1) is 13.2 Å². The topological polar surface area (TPSA) is 26.3 Å². The van der Waals surface area contributed by atoms with E-state index in [4.69, 9.17) is 4.74 Å². The molecule has 19 heavy (non-hydrogen) atoms. The minimum absolute atomic E-state index is 0.226. The summed E-state index contributed by atoms with van der Waals surface area (Å²) in [7, 11) is 0. The predicted octanol–water partition coefficient (Wildman–Crippen LogP) is 3.59. The fourth-order valence-corrected chi connectivity index (χ4v) is 3.39. The molecule has 1 aliphatic carbocycles. The summed E-state index contributed by atoms with van der Waals surface area (Å²) in [5.41, 5.74) is 2.22. The maximum atomic E-state index is 11.9. The number of benzene rings is 1. The Bertz CT molecular complexity index is 451. The van der Waals surface area contributed by atoms with Crippen molar-refractivity contribution >= 4 is 5.78 Å². The second-order valence-electron chi connectivity index (χ2n) is 6.09. The van der Waals surface area contributed by atoms with E-state index in [2.05, 4.69) is 24.3 Å². The molecule has 2 fully saturated rings. The van der Waals surface area contributed by atoms with Gasteiger partial charge in [-0.05, 0) is 36.8 Å². The first-order valence-electron chi connectivity index (χ1n) is 7.42. The normalized spacial score (nSPS) is 22.8. The van der Waals surface area contributed by atoms with E-state index >= 15 is 0 Å². The van der Waals surface area contributed by atoms with Crippen molar-refractivity contribution in [2.75, 3.05) is 13.2 Å². The van der Waals surface area contributed by atoms with Crippen molar-refractivity contribution in [1.29, 1.82) is 0 Å². The molecule has 3 rings (SSSR count). The monoisotopic (exact) mass is 258 g/mol. The van der Waals surface area contributed by atoms with Gasteiger partial charge in [0.2, 0.25) is 0 Å². The molecule has 1 aromatic carbocycles. The summed E-state index contributed by atoms with van der Waals surface area (Å²) in [6, 6.07) is 8.75. The summed E-state index contributed by atoms with van der Waals surface area (Å²) in [5, 5.41) is 0. The predicted molar refractivity (Wildman–Crippen MR) is 75.4 cm³/mol. The summed E-state index contributed by atoms with van der Waals surface area (Å²) >= 11 is 0. The van der Waals surface area contributed by atoms with E-state index < -0.39 is 0 Å². The lowest BCUT2D eigenvalue weighted by atomic mass is 9.74. The van der Waals surface area contributed by atoms with E-state index in [1.165, 1.54) is 37.7 Å². The van der Waals surface area contributed by atoms with E-state index in [0.717, 1.165) is 11.5 Å². The number of rotatable bonds is 3. The van der Waals surface area contributed by atoms with Crippen molar-refractivity contribution in [3.63, 3.8) is 0 Å². The number of ketones is 1. The Labute approximate surface area is 115 Å². The first-order chi connectivity index (χ1) is 9.22. The van der Waals surface area contributed by atoms with Crippen LogP contribution in [-0.4, -0.2) is 19.0 Å². The van der Waals surface area contributed by atoms with Crippen LogP contribution in [0.4, 0.5) is 0 Å². The van der Waals surface area contributed by atoms with Crippen LogP contribution in [0.15, 0.2) is 24.3 Å². The van der Waals surface area contributed by atoms with Gasteiger partial charge in [0.15, 0.2) is 0 Å². The first-order valence-corrected chi connectivity index (χ1v) is 7.42. The third kappa shape index (κ3) is 2.23. The molecule has 2 nitrogen and oxygen atoms in total. The molecule has 2 heteroatoms. The fraction of sp³-hybridized carbons (Fsp3) is 0.588. The lowest BCUT2D eigenvalue weighted by molar-refractivity contribution is -0.140. The van der Waals surface area contributed by atoms with Crippen LogP contribution in [-0.2, 0) is 14.9 Å². The van der Waals surface area contributed by atoms with Crippen LogP contribution in [0.3, 0.4) is 0 Å². The molecule has 1 saturated carbocycles. The van der Waals surface area contributed by atoms with E-state index in [9.17, 15) is 4.79 Å². The van der Waals surface area contributed by atoms with Gasteiger partial charge in [-0.2, -0.15) is 0 Å². The highest BCUT2D eigenvalue weighted by atomic mass is 16.5. The Morgan fingerprint density at radius 1 is 1.11 bits per heavy atom. The Balaban J connectivity index is 1.80. The highest BCUT2D eigenvalue weighted by Gasteiger charge is 2.44. The zero-order valence-corrected chi connectivity index (χ0v) is 11.7. The number of hydrogen-bond acceptors (Lipinski definition) is 2. The lowest BCUT2D eigenvalue weighted by Gasteiger charge is -2.39. The van der Waals surface area contributed by atoms with Crippen LogP contribution in [0.2, 0.25) is 0 Å². The van der Waals surface area contributed by atoms with Crippen LogP contribution in [0.5, 0.6) is 0 Å². The minimum atomic E-state index is -0.356. The molecular weight excluding hydrogens is 236 g/mol. The molecule has 1 heterocycles. The van der Waals surface area contributed by atoms with Gasteiger partial charge in [0, 0.05) is 0 Å². The van der Waals surface area contributed by atoms with Crippen molar-refractivity contribution in [2.24, 2.45) is 0 Å². The maximum Gasteiger partial charge on any atom is 0.145 e. The Hall–Kier alpha value is -1.15. The molecule has 1 aromatic rings. The molecule has 0 atom stereocenters. The molecule has 0 aromatic heterocycles. The number of ether oxygens (including phenoxy) is 1. The van der Waals surface area contributed by atoms with E-state index in [-0.39, 0.29) is 11.2 Å². The molecule has 1 saturated heterocycles. The Kier molecular flexibility index (Phi) is 3.44. The number of carbonyl (C=O) groups is 1. The average molecular weight is 258 g/mol. The summed E-state index contributed by atoms with van der Waals surface area (Å²) in [6.45, 7) is 2.77. The van der Waals surface area contributed by atoms with Crippen LogP contribution >= 0.6 is 0 Å². The van der Waals surface area contributed by atoms with E-state index in [1.807, 2.05) is 0 Å². The molecule has 0 unspecified atom stereocenters. The van der Waals surface area contributed by atoms with E-state index in [1.54, 1.807) is 6.92 Å². The van der Waals surface area contributed by atoms with Crippen LogP contribution in [0.1, 0.15) is 56.1 Å². The highest BCUT2D eigenvalue weighted by molar-refractivity contribution is 5.89. The molecule has 0 bridgehead atoms. The third-order valence-electron chi connectivity index (χ3n) is 4.91. The molecule has 1 aliphatic heterocycles. The number of carbonyl (C=O) groups excluding carboxylic acids is 1. The molecule has 0 radical (unpaired) electrons. The van der Waals surface area contributed by atoms with Gasteiger partial charge in [-0.1, -0.05) is 43.5 Å². The van der Waals surface area contributed by atoms with E-state index in [0.29, 0.717) is 13.2 Å². The Morgan fingerprint density at radius 2 is 1.74 bits per heavy atom. The molecule has 0 amide bonds. The average Bonchev–Trinajstić information content (AvgIpc) is 2.39. The maximum absolute atomic E-state index is 11.9. The van der Waals surface area contributed by atoms with Gasteiger partial charge in [0.25, 0.3) is 0 Å². The SMILES string of the molecule is CC(=O)C1(c2ccc(C3CCCCC3)cc2)COC1. The Morgan fingerprint density at radius 3 is 2.21 bits per heavy atom. The zero-order valence-electron chi connectivity index (χ0n) is 11.7. The highest BCUT2D eigenvalue weighted by Crippen LogP contribution is 2.36. The molecule has 102 valence electrons. The molecule has 0 N–H and O–H groups in total. The van der Waals surface area contributed by atoms with Crippen molar-refractivity contribution in [1.82, 2.24) is 0 Å². The van der Waals surface area contributed by atoms with Gasteiger partial charge >= 0.3 is 0 Å². The van der Waals surface area contributed by atoms with Crippen LogP contribution < -0.4 is 0 Å². The molecular formula is C17H22O2. The second-order valence-corrected chi connectivity index (χ2v) is 6.09. The summed E-state index contributed by atoms with van der Waals surface area (Å²) < 4.78 is 5.28. The fourth-order valence-electron chi connectivity index (χ4n) is 3.39. The summed E-state index contributed by atoms with van der Waals surface area (Å²) in [5.74, 6) is 0.956. The summed E-state index contributed by atoms with van der Waals surface area (Å²) in [4.78, 5) is 11.9. The molecule has 0 spiro atoms. The van der Waals surface area contributed by atoms with Crippen molar-refractivity contribution in [3.05, 3.63) is 35.4 Å².